The minimum Gasteiger partial charge on any atom is -0.334 e. The number of hydrogen-bond donors (Lipinski definition) is 0. The van der Waals surface area contributed by atoms with Crippen LogP contribution in [0.25, 0.3) is 11.0 Å². The molecule has 0 saturated carbocycles. The van der Waals surface area contributed by atoms with Gasteiger partial charge >= 0.3 is 0 Å². The molecule has 23 heavy (non-hydrogen) atoms. The topological polar surface area (TPSA) is 51.0 Å². The molecule has 6 heteroatoms. The highest BCUT2D eigenvalue weighted by molar-refractivity contribution is 7.09. The van der Waals surface area contributed by atoms with Crippen molar-refractivity contribution in [1.29, 1.82) is 0 Å². The summed E-state index contributed by atoms with van der Waals surface area (Å²) in [6, 6.07) is 5.94. The fraction of sp³-hybridized carbons (Fsp3) is 0.353. The third-order valence-electron chi connectivity index (χ3n) is 3.92. The SMILES string of the molecule is CCN(Cc1cccs1)C(=O)c1cc(C)nc2c1c(C)nn2C. The van der Waals surface area contributed by atoms with Crippen molar-refractivity contribution in [3.8, 4) is 0 Å². The van der Waals surface area contributed by atoms with Gasteiger partial charge in [-0.25, -0.2) is 4.98 Å². The maximum Gasteiger partial charge on any atom is 0.255 e. The lowest BCUT2D eigenvalue weighted by Gasteiger charge is -2.21. The van der Waals surface area contributed by atoms with Gasteiger partial charge in [0, 0.05) is 24.2 Å². The molecule has 0 atom stereocenters. The van der Waals surface area contributed by atoms with Gasteiger partial charge in [0.15, 0.2) is 5.65 Å². The van der Waals surface area contributed by atoms with Crippen LogP contribution in [-0.2, 0) is 13.6 Å². The molecule has 0 aliphatic rings. The molecule has 0 aromatic carbocycles. The van der Waals surface area contributed by atoms with Gasteiger partial charge in [0.2, 0.25) is 0 Å². The lowest BCUT2D eigenvalue weighted by molar-refractivity contribution is 0.0756. The minimum absolute atomic E-state index is 0.0347. The molecule has 5 nitrogen and oxygen atoms in total. The maximum absolute atomic E-state index is 13.1. The maximum atomic E-state index is 13.1. The molecule has 1 amide bonds. The van der Waals surface area contributed by atoms with E-state index in [2.05, 4.69) is 16.1 Å². The number of carbonyl (C=O) groups is 1. The Labute approximate surface area is 139 Å². The van der Waals surface area contributed by atoms with Crippen LogP contribution in [0.5, 0.6) is 0 Å². The first-order chi connectivity index (χ1) is 11.0. The minimum atomic E-state index is 0.0347. The van der Waals surface area contributed by atoms with E-state index in [4.69, 9.17) is 0 Å². The molecule has 0 aliphatic heterocycles. The van der Waals surface area contributed by atoms with Gasteiger partial charge in [0.05, 0.1) is 23.2 Å². The Balaban J connectivity index is 2.05. The summed E-state index contributed by atoms with van der Waals surface area (Å²) in [5.41, 5.74) is 3.12. The van der Waals surface area contributed by atoms with E-state index in [0.29, 0.717) is 18.7 Å². The summed E-state index contributed by atoms with van der Waals surface area (Å²) in [7, 11) is 1.86. The smallest absolute Gasteiger partial charge is 0.255 e. The molecule has 0 bridgehead atoms. The molecule has 120 valence electrons. The van der Waals surface area contributed by atoms with Crippen LogP contribution >= 0.6 is 11.3 Å². The molecule has 0 saturated heterocycles. The number of amides is 1. The van der Waals surface area contributed by atoms with E-state index in [9.17, 15) is 4.79 Å². The van der Waals surface area contributed by atoms with Crippen molar-refractivity contribution in [1.82, 2.24) is 19.7 Å². The number of pyridine rings is 1. The Morgan fingerprint density at radius 3 is 2.83 bits per heavy atom. The summed E-state index contributed by atoms with van der Waals surface area (Å²) in [4.78, 5) is 20.7. The summed E-state index contributed by atoms with van der Waals surface area (Å²) >= 11 is 1.67. The van der Waals surface area contributed by atoms with Gasteiger partial charge in [-0.05, 0) is 38.3 Å². The second-order valence-electron chi connectivity index (χ2n) is 5.62. The molecule has 0 aliphatic carbocycles. The van der Waals surface area contributed by atoms with E-state index in [-0.39, 0.29) is 5.91 Å². The Morgan fingerprint density at radius 1 is 1.39 bits per heavy atom. The number of carbonyl (C=O) groups excluding carboxylic acids is 1. The van der Waals surface area contributed by atoms with E-state index in [1.807, 2.05) is 50.2 Å². The van der Waals surface area contributed by atoms with Crippen LogP contribution in [-0.4, -0.2) is 32.1 Å². The number of aromatic nitrogens is 3. The van der Waals surface area contributed by atoms with E-state index in [0.717, 1.165) is 22.4 Å². The van der Waals surface area contributed by atoms with Gasteiger partial charge in [-0.15, -0.1) is 11.3 Å². The van der Waals surface area contributed by atoms with Crippen LogP contribution in [0.3, 0.4) is 0 Å². The quantitative estimate of drug-likeness (QED) is 0.738. The Bertz CT molecular complexity index is 851. The van der Waals surface area contributed by atoms with Crippen LogP contribution in [0, 0.1) is 13.8 Å². The fourth-order valence-electron chi connectivity index (χ4n) is 2.83. The predicted octanol–water partition coefficient (Wildman–Crippen LogP) is 3.31. The van der Waals surface area contributed by atoms with Crippen LogP contribution in [0.15, 0.2) is 23.6 Å². The molecule has 0 unspecified atom stereocenters. The van der Waals surface area contributed by atoms with Crippen molar-refractivity contribution in [2.45, 2.75) is 27.3 Å². The standard InChI is InChI=1S/C17H20N4OS/c1-5-21(10-13-7-6-8-23-13)17(22)14-9-11(2)18-16-15(14)12(3)19-20(16)4/h6-9H,5,10H2,1-4H3. The zero-order chi connectivity index (χ0) is 16.6. The van der Waals surface area contributed by atoms with E-state index >= 15 is 0 Å². The van der Waals surface area contributed by atoms with Crippen LogP contribution in [0.2, 0.25) is 0 Å². The Kier molecular flexibility index (Phi) is 4.17. The van der Waals surface area contributed by atoms with E-state index in [1.54, 1.807) is 16.0 Å². The normalized spacial score (nSPS) is 11.1. The zero-order valence-corrected chi connectivity index (χ0v) is 14.6. The summed E-state index contributed by atoms with van der Waals surface area (Å²) in [6.07, 6.45) is 0. The van der Waals surface area contributed by atoms with Crippen molar-refractivity contribution in [3.63, 3.8) is 0 Å². The second-order valence-corrected chi connectivity index (χ2v) is 6.65. The Morgan fingerprint density at radius 2 is 2.17 bits per heavy atom. The number of thiophene rings is 1. The molecule has 0 radical (unpaired) electrons. The number of rotatable bonds is 4. The van der Waals surface area contributed by atoms with E-state index < -0.39 is 0 Å². The van der Waals surface area contributed by atoms with Crippen molar-refractivity contribution in [2.24, 2.45) is 7.05 Å². The summed E-state index contributed by atoms with van der Waals surface area (Å²) in [5, 5.41) is 7.31. The van der Waals surface area contributed by atoms with Gasteiger partial charge in [0.25, 0.3) is 5.91 Å². The van der Waals surface area contributed by atoms with Crippen molar-refractivity contribution in [3.05, 3.63) is 45.4 Å². The van der Waals surface area contributed by atoms with Gasteiger partial charge in [-0.1, -0.05) is 6.07 Å². The number of nitrogens with zero attached hydrogens (tertiary/aromatic N) is 4. The van der Waals surface area contributed by atoms with Crippen LogP contribution in [0.1, 0.15) is 33.5 Å². The molecule has 0 fully saturated rings. The highest BCUT2D eigenvalue weighted by atomic mass is 32.1. The summed E-state index contributed by atoms with van der Waals surface area (Å²) in [5.74, 6) is 0.0347. The first-order valence-corrected chi connectivity index (χ1v) is 8.51. The predicted molar refractivity (Wildman–Crippen MR) is 92.7 cm³/mol. The third-order valence-corrected chi connectivity index (χ3v) is 4.78. The van der Waals surface area contributed by atoms with Gasteiger partial charge in [-0.2, -0.15) is 5.10 Å². The molecular formula is C17H20N4OS. The molecule has 3 aromatic heterocycles. The molecule has 3 heterocycles. The monoisotopic (exact) mass is 328 g/mol. The van der Waals surface area contributed by atoms with E-state index in [1.165, 1.54) is 4.88 Å². The molecular weight excluding hydrogens is 308 g/mol. The van der Waals surface area contributed by atoms with Crippen LogP contribution < -0.4 is 0 Å². The van der Waals surface area contributed by atoms with Crippen molar-refractivity contribution in [2.75, 3.05) is 6.54 Å². The first-order valence-electron chi connectivity index (χ1n) is 7.64. The molecule has 3 rings (SSSR count). The number of hydrogen-bond acceptors (Lipinski definition) is 4. The second kappa shape index (κ2) is 6.12. The third kappa shape index (κ3) is 2.86. The highest BCUT2D eigenvalue weighted by Gasteiger charge is 2.21. The summed E-state index contributed by atoms with van der Waals surface area (Å²) in [6.45, 7) is 7.14. The first kappa shape index (κ1) is 15.7. The summed E-state index contributed by atoms with van der Waals surface area (Å²) < 4.78 is 1.74. The van der Waals surface area contributed by atoms with Gasteiger partial charge < -0.3 is 4.90 Å². The molecule has 3 aromatic rings. The zero-order valence-electron chi connectivity index (χ0n) is 13.8. The fourth-order valence-corrected chi connectivity index (χ4v) is 3.55. The van der Waals surface area contributed by atoms with Gasteiger partial charge in [-0.3, -0.25) is 9.48 Å². The molecule has 0 spiro atoms. The largest absolute Gasteiger partial charge is 0.334 e. The lowest BCUT2D eigenvalue weighted by atomic mass is 10.1. The molecule has 0 N–H and O–H groups in total. The average molecular weight is 328 g/mol. The van der Waals surface area contributed by atoms with Crippen LogP contribution in [0.4, 0.5) is 0 Å². The van der Waals surface area contributed by atoms with Crippen molar-refractivity contribution >= 4 is 28.3 Å². The average Bonchev–Trinajstić information content (AvgIpc) is 3.12. The highest BCUT2D eigenvalue weighted by Crippen LogP contribution is 2.24. The lowest BCUT2D eigenvalue weighted by Crippen LogP contribution is -2.30. The van der Waals surface area contributed by atoms with Gasteiger partial charge in [0.1, 0.15) is 0 Å². The van der Waals surface area contributed by atoms with Crippen molar-refractivity contribution < 1.29 is 4.79 Å². The Hall–Kier alpha value is -2.21. The number of fused-ring (bicyclic) bond motifs is 1. The number of aryl methyl sites for hydroxylation is 3.